The summed E-state index contributed by atoms with van der Waals surface area (Å²) >= 11 is 0. The van der Waals surface area contributed by atoms with Crippen LogP contribution in [0.5, 0.6) is 0 Å². The number of anilines is 1. The van der Waals surface area contributed by atoms with Gasteiger partial charge in [-0.3, -0.25) is 0 Å². The van der Waals surface area contributed by atoms with Crippen LogP contribution in [0.4, 0.5) is 14.9 Å². The van der Waals surface area contributed by atoms with Crippen LogP contribution in [-0.2, 0) is 11.2 Å². The molecule has 2 saturated heterocycles. The summed E-state index contributed by atoms with van der Waals surface area (Å²) < 4.78 is 21.2. The molecule has 6 heteroatoms. The lowest BCUT2D eigenvalue weighted by Crippen LogP contribution is -2.50. The molecule has 2 fully saturated rings. The molecular formula is C26H28FN3O2. The van der Waals surface area contributed by atoms with Crippen molar-refractivity contribution in [2.75, 3.05) is 24.5 Å². The largest absolute Gasteiger partial charge is 0.444 e. The fourth-order valence-corrected chi connectivity index (χ4v) is 5.58. The zero-order valence-electron chi connectivity index (χ0n) is 18.8. The first-order valence-electron chi connectivity index (χ1n) is 11.3. The third-order valence-electron chi connectivity index (χ3n) is 6.86. The molecule has 2 aromatic carbocycles. The lowest BCUT2D eigenvalue weighted by Gasteiger charge is -2.37. The van der Waals surface area contributed by atoms with Crippen LogP contribution < -0.4 is 4.90 Å². The topological polar surface area (TPSA) is 56.6 Å². The van der Waals surface area contributed by atoms with Crippen molar-refractivity contribution in [3.8, 4) is 17.2 Å². The molecule has 2 aromatic rings. The number of carbonyl (C=O) groups is 1. The van der Waals surface area contributed by atoms with Gasteiger partial charge in [0.2, 0.25) is 0 Å². The van der Waals surface area contributed by atoms with Crippen LogP contribution in [0.1, 0.15) is 50.3 Å². The number of nitrogens with zero attached hydrogens (tertiary/aromatic N) is 3. The fraction of sp³-hybridized carbons (Fsp3) is 0.462. The van der Waals surface area contributed by atoms with Gasteiger partial charge in [-0.2, -0.15) is 5.26 Å². The van der Waals surface area contributed by atoms with Gasteiger partial charge in [-0.05, 0) is 62.3 Å². The first kappa shape index (κ1) is 20.8. The van der Waals surface area contributed by atoms with E-state index in [0.29, 0.717) is 37.3 Å². The van der Waals surface area contributed by atoms with Gasteiger partial charge in [0, 0.05) is 31.6 Å². The van der Waals surface area contributed by atoms with Crippen LogP contribution in [0.2, 0.25) is 0 Å². The van der Waals surface area contributed by atoms with Gasteiger partial charge in [-0.15, -0.1) is 0 Å². The Balaban J connectivity index is 1.52. The number of amides is 1. The lowest BCUT2D eigenvalue weighted by molar-refractivity contribution is 0.00670. The highest BCUT2D eigenvalue weighted by atomic mass is 19.1. The molecule has 5 nitrogen and oxygen atoms in total. The Kier molecular flexibility index (Phi) is 4.88. The van der Waals surface area contributed by atoms with Crippen LogP contribution in [0.15, 0.2) is 30.3 Å². The molecule has 1 aliphatic carbocycles. The number of fused-ring (bicyclic) bond motifs is 4. The van der Waals surface area contributed by atoms with Crippen molar-refractivity contribution in [2.45, 2.75) is 51.7 Å². The molecular weight excluding hydrogens is 405 g/mol. The summed E-state index contributed by atoms with van der Waals surface area (Å²) in [6.45, 7) is 7.56. The van der Waals surface area contributed by atoms with E-state index in [4.69, 9.17) is 4.74 Å². The van der Waals surface area contributed by atoms with Gasteiger partial charge in [-0.25, -0.2) is 9.18 Å². The second-order valence-electron chi connectivity index (χ2n) is 10.1. The fourth-order valence-electron chi connectivity index (χ4n) is 5.58. The molecule has 0 bridgehead atoms. The molecule has 166 valence electrons. The van der Waals surface area contributed by atoms with E-state index in [0.717, 1.165) is 35.1 Å². The van der Waals surface area contributed by atoms with Gasteiger partial charge < -0.3 is 14.5 Å². The van der Waals surface area contributed by atoms with Crippen LogP contribution >= 0.6 is 0 Å². The predicted octanol–water partition coefficient (Wildman–Crippen LogP) is 5.10. The quantitative estimate of drug-likeness (QED) is 0.536. The average Bonchev–Trinajstić information content (AvgIpc) is 3.33. The van der Waals surface area contributed by atoms with E-state index in [2.05, 4.69) is 11.0 Å². The monoisotopic (exact) mass is 433 g/mol. The summed E-state index contributed by atoms with van der Waals surface area (Å²) in [7, 11) is 0. The molecule has 0 saturated carbocycles. The molecule has 2 aliphatic heterocycles. The third-order valence-corrected chi connectivity index (χ3v) is 6.86. The Morgan fingerprint density at radius 2 is 2.03 bits per heavy atom. The van der Waals surface area contributed by atoms with Gasteiger partial charge in [0.1, 0.15) is 11.4 Å². The number of benzene rings is 2. The average molecular weight is 434 g/mol. The first-order valence-corrected chi connectivity index (χ1v) is 11.3. The zero-order valence-corrected chi connectivity index (χ0v) is 18.8. The van der Waals surface area contributed by atoms with E-state index in [9.17, 15) is 10.1 Å². The van der Waals surface area contributed by atoms with E-state index < -0.39 is 5.60 Å². The molecule has 5 rings (SSSR count). The highest BCUT2D eigenvalue weighted by Crippen LogP contribution is 2.47. The Hall–Kier alpha value is -3.07. The maximum atomic E-state index is 15.5. The highest BCUT2D eigenvalue weighted by molar-refractivity contribution is 5.89. The second-order valence-corrected chi connectivity index (χ2v) is 10.1. The maximum Gasteiger partial charge on any atom is 0.410 e. The molecule has 0 aromatic heterocycles. The Labute approximate surface area is 188 Å². The highest BCUT2D eigenvalue weighted by Gasteiger charge is 2.44. The maximum absolute atomic E-state index is 15.5. The molecule has 32 heavy (non-hydrogen) atoms. The first-order chi connectivity index (χ1) is 15.3. The molecule has 3 aliphatic rings. The Morgan fingerprint density at radius 3 is 2.78 bits per heavy atom. The van der Waals surface area contributed by atoms with E-state index in [-0.39, 0.29) is 23.9 Å². The molecule has 2 atom stereocenters. The molecule has 2 heterocycles. The Morgan fingerprint density at radius 1 is 1.25 bits per heavy atom. The minimum absolute atomic E-state index is 0.000871. The van der Waals surface area contributed by atoms with Gasteiger partial charge >= 0.3 is 6.09 Å². The van der Waals surface area contributed by atoms with Crippen molar-refractivity contribution in [1.29, 1.82) is 5.26 Å². The summed E-state index contributed by atoms with van der Waals surface area (Å²) in [6.07, 6.45) is 2.29. The van der Waals surface area contributed by atoms with E-state index in [1.807, 2.05) is 49.9 Å². The number of rotatable bonds is 1. The Bertz CT molecular complexity index is 1130. The van der Waals surface area contributed by atoms with Crippen molar-refractivity contribution in [2.24, 2.45) is 5.92 Å². The van der Waals surface area contributed by atoms with Crippen molar-refractivity contribution in [1.82, 2.24) is 4.90 Å². The molecule has 0 spiro atoms. The van der Waals surface area contributed by atoms with Crippen molar-refractivity contribution < 1.29 is 13.9 Å². The molecule has 0 N–H and O–H groups in total. The van der Waals surface area contributed by atoms with Crippen molar-refractivity contribution in [3.63, 3.8) is 0 Å². The number of halogens is 1. The smallest absolute Gasteiger partial charge is 0.410 e. The number of carbonyl (C=O) groups excluding carboxylic acids is 1. The minimum atomic E-state index is -0.550. The van der Waals surface area contributed by atoms with Crippen LogP contribution in [-0.4, -0.2) is 42.3 Å². The number of nitriles is 1. The second kappa shape index (κ2) is 7.51. The summed E-state index contributed by atoms with van der Waals surface area (Å²) in [6, 6.07) is 11.6. The van der Waals surface area contributed by atoms with E-state index in [1.54, 1.807) is 0 Å². The molecule has 2 unspecified atom stereocenters. The van der Waals surface area contributed by atoms with E-state index >= 15 is 4.39 Å². The zero-order chi connectivity index (χ0) is 22.6. The van der Waals surface area contributed by atoms with E-state index in [1.165, 1.54) is 6.07 Å². The number of hydrogen-bond donors (Lipinski definition) is 0. The van der Waals surface area contributed by atoms with Crippen LogP contribution in [0.3, 0.4) is 0 Å². The normalized spacial score (nSPS) is 21.6. The molecule has 0 radical (unpaired) electrons. The predicted molar refractivity (Wildman–Crippen MR) is 121 cm³/mol. The number of hydrogen-bond acceptors (Lipinski definition) is 4. The number of likely N-dealkylation sites (tertiary alicyclic amines) is 1. The van der Waals surface area contributed by atoms with Crippen LogP contribution in [0.25, 0.3) is 11.1 Å². The van der Waals surface area contributed by atoms with Gasteiger partial charge in [0.15, 0.2) is 0 Å². The summed E-state index contributed by atoms with van der Waals surface area (Å²) in [5.41, 5.74) is 4.31. The van der Waals surface area contributed by atoms with Gasteiger partial charge in [0.05, 0.1) is 23.4 Å². The minimum Gasteiger partial charge on any atom is -0.444 e. The number of ether oxygens (including phenoxy) is 1. The summed E-state index contributed by atoms with van der Waals surface area (Å²) in [5.74, 6) is -0.0851. The SMILES string of the molecule is CC(C)(C)OC(=O)N1CCCC2CN(c3c(F)cc(C#N)c4c3-c3ccccc3C4)CC21. The third kappa shape index (κ3) is 3.40. The lowest BCUT2D eigenvalue weighted by atomic mass is 9.92. The number of piperidine rings is 1. The summed E-state index contributed by atoms with van der Waals surface area (Å²) in [4.78, 5) is 16.8. The summed E-state index contributed by atoms with van der Waals surface area (Å²) in [5, 5.41) is 9.63. The van der Waals surface area contributed by atoms with Crippen molar-refractivity contribution >= 4 is 11.8 Å². The van der Waals surface area contributed by atoms with Gasteiger partial charge in [0.25, 0.3) is 0 Å². The van der Waals surface area contributed by atoms with Crippen molar-refractivity contribution in [3.05, 3.63) is 52.8 Å². The standard InChI is InChI=1S/C26H28FN3O2/c1-26(2,3)32-25(31)30-10-6-8-17-14-29(15-22(17)30)24-21(27)12-18(13-28)20-11-16-7-4-5-9-19(16)23(20)24/h4-5,7,9,12,17,22H,6,8,10-11,14-15H2,1-3H3. The molecule has 1 amide bonds. The van der Waals surface area contributed by atoms with Gasteiger partial charge in [-0.1, -0.05) is 24.3 Å². The van der Waals surface area contributed by atoms with Crippen LogP contribution in [0, 0.1) is 23.1 Å².